The number of fused-ring (bicyclic) bond motifs is 2. The summed E-state index contributed by atoms with van der Waals surface area (Å²) in [5.74, 6) is -0.162. The first-order valence-electron chi connectivity index (χ1n) is 4.41. The highest BCUT2D eigenvalue weighted by molar-refractivity contribution is 5.82. The molecular formula is C9H12O3. The van der Waals surface area contributed by atoms with Crippen LogP contribution in [0.1, 0.15) is 25.7 Å². The first kappa shape index (κ1) is 7.77. The second-order valence-corrected chi connectivity index (χ2v) is 3.99. The lowest BCUT2D eigenvalue weighted by atomic mass is 9.86. The molecule has 0 aromatic heterocycles. The van der Waals surface area contributed by atoms with Crippen LogP contribution in [0.4, 0.5) is 0 Å². The third-order valence-electron chi connectivity index (χ3n) is 3.12. The minimum atomic E-state index is -0.711. The molecule has 2 fully saturated rings. The largest absolute Gasteiger partial charge is 0.481 e. The predicted molar refractivity (Wildman–Crippen MR) is 41.6 cm³/mol. The van der Waals surface area contributed by atoms with E-state index in [9.17, 15) is 9.59 Å². The number of aliphatic carboxylic acids is 1. The molecule has 0 spiro atoms. The van der Waals surface area contributed by atoms with Crippen molar-refractivity contribution in [3.63, 3.8) is 0 Å². The molecule has 12 heavy (non-hydrogen) atoms. The predicted octanol–water partition coefficient (Wildman–Crippen LogP) is 1.08. The molecule has 2 saturated carbocycles. The Hall–Kier alpha value is -0.860. The molecule has 2 rings (SSSR count). The van der Waals surface area contributed by atoms with Gasteiger partial charge in [0.2, 0.25) is 0 Å². The van der Waals surface area contributed by atoms with Crippen LogP contribution in [0, 0.1) is 17.8 Å². The molecular weight excluding hydrogens is 156 g/mol. The van der Waals surface area contributed by atoms with Crippen molar-refractivity contribution in [2.75, 3.05) is 0 Å². The van der Waals surface area contributed by atoms with E-state index in [4.69, 9.17) is 5.11 Å². The fraction of sp³-hybridized carbons (Fsp3) is 0.778. The molecule has 2 aliphatic rings. The molecule has 0 aliphatic heterocycles. The third-order valence-corrected chi connectivity index (χ3v) is 3.12. The van der Waals surface area contributed by atoms with Crippen LogP contribution < -0.4 is 0 Å². The van der Waals surface area contributed by atoms with Gasteiger partial charge >= 0.3 is 5.97 Å². The van der Waals surface area contributed by atoms with Gasteiger partial charge in [0.1, 0.15) is 5.78 Å². The topological polar surface area (TPSA) is 54.4 Å². The third kappa shape index (κ3) is 1.13. The number of Topliss-reactive ketones (excluding diaryl/α,β-unsaturated/α-hetero) is 1. The van der Waals surface area contributed by atoms with Crippen molar-refractivity contribution in [1.82, 2.24) is 0 Å². The Balaban J connectivity index is 2.14. The first-order valence-corrected chi connectivity index (χ1v) is 4.41. The summed E-state index contributed by atoms with van der Waals surface area (Å²) in [4.78, 5) is 21.8. The summed E-state index contributed by atoms with van der Waals surface area (Å²) in [6.45, 7) is 0. The van der Waals surface area contributed by atoms with Gasteiger partial charge < -0.3 is 5.11 Å². The highest BCUT2D eigenvalue weighted by atomic mass is 16.4. The van der Waals surface area contributed by atoms with E-state index in [0.717, 1.165) is 12.8 Å². The molecule has 0 unspecified atom stereocenters. The summed E-state index contributed by atoms with van der Waals surface area (Å²) in [6, 6.07) is 0. The quantitative estimate of drug-likeness (QED) is 0.637. The maximum absolute atomic E-state index is 11.1. The van der Waals surface area contributed by atoms with Gasteiger partial charge in [-0.25, -0.2) is 0 Å². The van der Waals surface area contributed by atoms with Gasteiger partial charge in [0.05, 0.1) is 5.92 Å². The summed E-state index contributed by atoms with van der Waals surface area (Å²) in [5, 5.41) is 8.84. The highest BCUT2D eigenvalue weighted by Crippen LogP contribution is 2.44. The molecule has 0 aromatic carbocycles. The fourth-order valence-corrected chi connectivity index (χ4v) is 2.63. The molecule has 0 heterocycles. The summed E-state index contributed by atoms with van der Waals surface area (Å²) in [5.41, 5.74) is 0. The number of carbonyl (C=O) groups excluding carboxylic acids is 1. The van der Waals surface area contributed by atoms with Crippen LogP contribution in [0.3, 0.4) is 0 Å². The molecule has 3 nitrogen and oxygen atoms in total. The summed E-state index contributed by atoms with van der Waals surface area (Å²) in [6.07, 6.45) is 2.82. The smallest absolute Gasteiger partial charge is 0.306 e. The highest BCUT2D eigenvalue weighted by Gasteiger charge is 2.43. The number of rotatable bonds is 1. The average molecular weight is 168 g/mol. The van der Waals surface area contributed by atoms with Gasteiger partial charge in [0.25, 0.3) is 0 Å². The summed E-state index contributed by atoms with van der Waals surface area (Å²) < 4.78 is 0. The molecule has 1 N–H and O–H groups in total. The standard InChI is InChI=1S/C9H12O3/c10-7-2-5-1-6(4-7)8(3-5)9(11)12/h5-6,8H,1-4H2,(H,11,12)/t5-,6-,8-/m1/s1. The lowest BCUT2D eigenvalue weighted by Crippen LogP contribution is -2.21. The number of carboxylic acids is 1. The van der Waals surface area contributed by atoms with Crippen LogP contribution in [0.25, 0.3) is 0 Å². The van der Waals surface area contributed by atoms with Gasteiger partial charge in [-0.3, -0.25) is 9.59 Å². The van der Waals surface area contributed by atoms with Crippen molar-refractivity contribution in [1.29, 1.82) is 0 Å². The molecule has 0 aromatic rings. The van der Waals surface area contributed by atoms with E-state index >= 15 is 0 Å². The number of hydrogen-bond acceptors (Lipinski definition) is 2. The number of hydrogen-bond donors (Lipinski definition) is 1. The molecule has 66 valence electrons. The lowest BCUT2D eigenvalue weighted by Gasteiger charge is -2.17. The number of carbonyl (C=O) groups is 2. The van der Waals surface area contributed by atoms with Gasteiger partial charge in [0.15, 0.2) is 0 Å². The average Bonchev–Trinajstić information content (AvgIpc) is 2.26. The minimum Gasteiger partial charge on any atom is -0.481 e. The van der Waals surface area contributed by atoms with Crippen LogP contribution in [0.15, 0.2) is 0 Å². The van der Waals surface area contributed by atoms with E-state index in [2.05, 4.69) is 0 Å². The monoisotopic (exact) mass is 168 g/mol. The maximum atomic E-state index is 11.1. The van der Waals surface area contributed by atoms with Crippen LogP contribution in [0.5, 0.6) is 0 Å². The van der Waals surface area contributed by atoms with E-state index in [1.165, 1.54) is 0 Å². The van der Waals surface area contributed by atoms with Crippen molar-refractivity contribution in [3.05, 3.63) is 0 Å². The van der Waals surface area contributed by atoms with Crippen LogP contribution in [-0.2, 0) is 9.59 Å². The SMILES string of the molecule is O=C1C[C@H]2C[C@H](C1)[C@H](C(=O)O)C2. The number of carboxylic acid groups (broad SMARTS) is 1. The first-order chi connectivity index (χ1) is 5.66. The van der Waals surface area contributed by atoms with Crippen LogP contribution in [0.2, 0.25) is 0 Å². The van der Waals surface area contributed by atoms with Crippen molar-refractivity contribution in [3.8, 4) is 0 Å². The minimum absolute atomic E-state index is 0.147. The maximum Gasteiger partial charge on any atom is 0.306 e. The fourth-order valence-electron chi connectivity index (χ4n) is 2.63. The zero-order chi connectivity index (χ0) is 8.72. The van der Waals surface area contributed by atoms with Crippen molar-refractivity contribution in [2.45, 2.75) is 25.7 Å². The molecule has 0 saturated heterocycles. The summed E-state index contributed by atoms with van der Waals surface area (Å²) in [7, 11) is 0. The zero-order valence-electron chi connectivity index (χ0n) is 6.82. The Morgan fingerprint density at radius 3 is 2.75 bits per heavy atom. The van der Waals surface area contributed by atoms with E-state index in [1.807, 2.05) is 0 Å². The van der Waals surface area contributed by atoms with Gasteiger partial charge in [-0.2, -0.15) is 0 Å². The Morgan fingerprint density at radius 2 is 2.08 bits per heavy atom. The molecule has 0 amide bonds. The molecule has 2 aliphatic carbocycles. The van der Waals surface area contributed by atoms with Gasteiger partial charge in [-0.15, -0.1) is 0 Å². The van der Waals surface area contributed by atoms with Gasteiger partial charge in [-0.1, -0.05) is 0 Å². The number of ketones is 1. The molecule has 0 radical (unpaired) electrons. The second kappa shape index (κ2) is 2.57. The van der Waals surface area contributed by atoms with Gasteiger partial charge in [0, 0.05) is 12.8 Å². The summed E-state index contributed by atoms with van der Waals surface area (Å²) >= 11 is 0. The van der Waals surface area contributed by atoms with Gasteiger partial charge in [-0.05, 0) is 24.7 Å². The van der Waals surface area contributed by atoms with E-state index in [0.29, 0.717) is 18.8 Å². The Bertz CT molecular complexity index is 234. The molecule has 2 bridgehead atoms. The Labute approximate surface area is 70.8 Å². The normalized spacial score (nSPS) is 40.0. The van der Waals surface area contributed by atoms with Crippen molar-refractivity contribution >= 4 is 11.8 Å². The Morgan fingerprint density at radius 1 is 1.33 bits per heavy atom. The molecule has 3 heteroatoms. The van der Waals surface area contributed by atoms with E-state index in [-0.39, 0.29) is 17.6 Å². The van der Waals surface area contributed by atoms with E-state index in [1.54, 1.807) is 0 Å². The van der Waals surface area contributed by atoms with Crippen molar-refractivity contribution in [2.24, 2.45) is 17.8 Å². The van der Waals surface area contributed by atoms with Crippen LogP contribution >= 0.6 is 0 Å². The second-order valence-electron chi connectivity index (χ2n) is 3.99. The Kier molecular flexibility index (Phi) is 1.67. The van der Waals surface area contributed by atoms with Crippen molar-refractivity contribution < 1.29 is 14.7 Å². The van der Waals surface area contributed by atoms with Crippen LogP contribution in [-0.4, -0.2) is 16.9 Å². The van der Waals surface area contributed by atoms with E-state index < -0.39 is 5.97 Å². The lowest BCUT2D eigenvalue weighted by molar-refractivity contribution is -0.143. The zero-order valence-corrected chi connectivity index (χ0v) is 6.82. The molecule has 3 atom stereocenters.